The number of para-hydroxylation sites is 1. The summed E-state index contributed by atoms with van der Waals surface area (Å²) < 4.78 is 10.9. The van der Waals surface area contributed by atoms with Crippen LogP contribution >= 0.6 is 11.6 Å². The Bertz CT molecular complexity index is 1610. The fourth-order valence-electron chi connectivity index (χ4n) is 4.85. The van der Waals surface area contributed by atoms with Crippen LogP contribution in [0.15, 0.2) is 91.0 Å². The summed E-state index contributed by atoms with van der Waals surface area (Å²) in [4.78, 5) is 40.4. The van der Waals surface area contributed by atoms with E-state index in [1.54, 1.807) is 74.9 Å². The Morgan fingerprint density at radius 1 is 0.767 bits per heavy atom. The molecule has 0 atom stereocenters. The second kappa shape index (κ2) is 14.9. The molecule has 0 spiro atoms. The molecular formula is C34H33ClN2O6. The number of carbonyl (C=O) groups is 3. The second-order valence-electron chi connectivity index (χ2n) is 9.70. The molecule has 0 saturated carbocycles. The van der Waals surface area contributed by atoms with E-state index in [0.717, 1.165) is 11.1 Å². The molecule has 0 aliphatic carbocycles. The van der Waals surface area contributed by atoms with Gasteiger partial charge in [0.1, 0.15) is 0 Å². The maximum atomic E-state index is 14.0. The number of methoxy groups -OCH3 is 2. The molecule has 4 aromatic carbocycles. The zero-order chi connectivity index (χ0) is 30.8. The van der Waals surface area contributed by atoms with Gasteiger partial charge in [-0.3, -0.25) is 14.4 Å². The monoisotopic (exact) mass is 600 g/mol. The van der Waals surface area contributed by atoms with Gasteiger partial charge in [-0.15, -0.1) is 0 Å². The van der Waals surface area contributed by atoms with Gasteiger partial charge in [0.25, 0.3) is 11.8 Å². The van der Waals surface area contributed by atoms with Crippen LogP contribution in [0.1, 0.15) is 38.3 Å². The van der Waals surface area contributed by atoms with E-state index < -0.39 is 5.97 Å². The van der Waals surface area contributed by atoms with Gasteiger partial charge in [0.15, 0.2) is 11.5 Å². The standard InChI is InChI=1S/C34H33ClN2O6/c1-42-30-17-9-11-23(32(30)43-2)18-20-37(21-19-31(38)39)34(41)28-15-7-5-13-26(28)25-12-4-6-14-27(25)33(40)36-22-24-10-3-8-16-29(24)35/h3-17H,18-22H2,1-2H3,(H,36,40)(H,38,39). The number of nitrogens with one attached hydrogen (secondary N) is 1. The van der Waals surface area contributed by atoms with E-state index in [2.05, 4.69) is 5.32 Å². The lowest BCUT2D eigenvalue weighted by molar-refractivity contribution is -0.137. The van der Waals surface area contributed by atoms with Gasteiger partial charge in [0, 0.05) is 35.8 Å². The normalized spacial score (nSPS) is 10.6. The molecule has 0 saturated heterocycles. The molecule has 9 heteroatoms. The van der Waals surface area contributed by atoms with E-state index >= 15 is 0 Å². The summed E-state index contributed by atoms with van der Waals surface area (Å²) in [5.74, 6) is -0.535. The van der Waals surface area contributed by atoms with E-state index in [1.165, 1.54) is 4.90 Å². The molecule has 0 heterocycles. The van der Waals surface area contributed by atoms with Crippen LogP contribution in [0.25, 0.3) is 11.1 Å². The highest BCUT2D eigenvalue weighted by atomic mass is 35.5. The van der Waals surface area contributed by atoms with E-state index in [0.29, 0.717) is 45.2 Å². The number of hydrogen-bond donors (Lipinski definition) is 2. The number of rotatable bonds is 13. The highest BCUT2D eigenvalue weighted by Crippen LogP contribution is 2.32. The number of hydrogen-bond acceptors (Lipinski definition) is 5. The fourth-order valence-corrected chi connectivity index (χ4v) is 5.06. The summed E-state index contributed by atoms with van der Waals surface area (Å²) in [7, 11) is 3.10. The molecule has 0 fully saturated rings. The second-order valence-corrected chi connectivity index (χ2v) is 10.1. The topological polar surface area (TPSA) is 105 Å². The number of amides is 2. The van der Waals surface area contributed by atoms with Crippen molar-refractivity contribution >= 4 is 29.4 Å². The first kappa shape index (κ1) is 31.1. The molecule has 0 aromatic heterocycles. The predicted molar refractivity (Wildman–Crippen MR) is 166 cm³/mol. The summed E-state index contributed by atoms with van der Waals surface area (Å²) in [5, 5.41) is 12.9. The molecule has 0 unspecified atom stereocenters. The van der Waals surface area contributed by atoms with Crippen molar-refractivity contribution in [3.63, 3.8) is 0 Å². The molecule has 43 heavy (non-hydrogen) atoms. The smallest absolute Gasteiger partial charge is 0.305 e. The van der Waals surface area contributed by atoms with E-state index in [4.69, 9.17) is 21.1 Å². The third kappa shape index (κ3) is 7.72. The van der Waals surface area contributed by atoms with Crippen LogP contribution in [-0.4, -0.2) is 55.1 Å². The van der Waals surface area contributed by atoms with Crippen LogP contribution < -0.4 is 14.8 Å². The summed E-state index contributed by atoms with van der Waals surface area (Å²) in [6.45, 7) is 0.489. The van der Waals surface area contributed by atoms with Crippen LogP contribution in [0.4, 0.5) is 0 Å². The number of halogens is 1. The molecule has 0 aliphatic rings. The summed E-state index contributed by atoms with van der Waals surface area (Å²) in [6, 6.07) is 26.9. The fraction of sp³-hybridized carbons (Fsp3) is 0.206. The van der Waals surface area contributed by atoms with Gasteiger partial charge in [-0.25, -0.2) is 0 Å². The van der Waals surface area contributed by atoms with Gasteiger partial charge in [-0.05, 0) is 52.9 Å². The summed E-state index contributed by atoms with van der Waals surface area (Å²) >= 11 is 6.26. The Morgan fingerprint density at radius 3 is 2.07 bits per heavy atom. The Kier molecular flexibility index (Phi) is 10.8. The summed E-state index contributed by atoms with van der Waals surface area (Å²) in [5.41, 5.74) is 3.51. The van der Waals surface area contributed by atoms with Crippen molar-refractivity contribution < 1.29 is 29.0 Å². The molecule has 4 aromatic rings. The van der Waals surface area contributed by atoms with E-state index in [-0.39, 0.29) is 37.9 Å². The van der Waals surface area contributed by atoms with Crippen molar-refractivity contribution in [2.75, 3.05) is 27.3 Å². The molecular weight excluding hydrogens is 568 g/mol. The Hall–Kier alpha value is -4.82. The van der Waals surface area contributed by atoms with Crippen molar-refractivity contribution in [1.82, 2.24) is 10.2 Å². The lowest BCUT2D eigenvalue weighted by atomic mass is 9.94. The highest BCUT2D eigenvalue weighted by molar-refractivity contribution is 6.31. The van der Waals surface area contributed by atoms with Crippen molar-refractivity contribution in [2.45, 2.75) is 19.4 Å². The minimum atomic E-state index is -1.01. The zero-order valence-corrected chi connectivity index (χ0v) is 24.8. The van der Waals surface area contributed by atoms with Crippen molar-refractivity contribution in [3.8, 4) is 22.6 Å². The quantitative estimate of drug-likeness (QED) is 0.192. The van der Waals surface area contributed by atoms with Crippen LogP contribution in [0.5, 0.6) is 11.5 Å². The van der Waals surface area contributed by atoms with Crippen molar-refractivity contribution in [3.05, 3.63) is 118 Å². The predicted octanol–water partition coefficient (Wildman–Crippen LogP) is 6.11. The molecule has 0 aliphatic heterocycles. The van der Waals surface area contributed by atoms with Crippen LogP contribution in [-0.2, 0) is 17.8 Å². The average Bonchev–Trinajstić information content (AvgIpc) is 3.03. The first-order valence-corrected chi connectivity index (χ1v) is 14.1. The van der Waals surface area contributed by atoms with E-state index in [9.17, 15) is 19.5 Å². The lowest BCUT2D eigenvalue weighted by Crippen LogP contribution is -2.35. The zero-order valence-electron chi connectivity index (χ0n) is 24.0. The number of carboxylic acid groups (broad SMARTS) is 1. The first-order valence-electron chi connectivity index (χ1n) is 13.7. The van der Waals surface area contributed by atoms with E-state index in [1.807, 2.05) is 30.3 Å². The molecule has 0 bridgehead atoms. The maximum absolute atomic E-state index is 14.0. The van der Waals surface area contributed by atoms with Crippen molar-refractivity contribution in [1.29, 1.82) is 0 Å². The van der Waals surface area contributed by atoms with Gasteiger partial charge in [-0.1, -0.05) is 78.3 Å². The largest absolute Gasteiger partial charge is 0.493 e. The Balaban J connectivity index is 1.63. The van der Waals surface area contributed by atoms with Crippen LogP contribution in [0, 0.1) is 0 Å². The molecule has 8 nitrogen and oxygen atoms in total. The number of ether oxygens (including phenoxy) is 2. The van der Waals surface area contributed by atoms with Gasteiger partial charge < -0.3 is 24.8 Å². The molecule has 2 amide bonds. The molecule has 2 N–H and O–H groups in total. The number of nitrogens with zero attached hydrogens (tertiary/aromatic N) is 1. The van der Waals surface area contributed by atoms with Crippen LogP contribution in [0.3, 0.4) is 0 Å². The van der Waals surface area contributed by atoms with Gasteiger partial charge in [-0.2, -0.15) is 0 Å². The molecule has 4 rings (SSSR count). The molecule has 222 valence electrons. The van der Waals surface area contributed by atoms with Crippen LogP contribution in [0.2, 0.25) is 5.02 Å². The Labute approximate surface area is 255 Å². The third-order valence-corrected chi connectivity index (χ3v) is 7.40. The number of benzene rings is 4. The highest BCUT2D eigenvalue weighted by Gasteiger charge is 2.23. The van der Waals surface area contributed by atoms with Gasteiger partial charge in [0.05, 0.1) is 20.6 Å². The third-order valence-electron chi connectivity index (χ3n) is 7.03. The minimum Gasteiger partial charge on any atom is -0.493 e. The van der Waals surface area contributed by atoms with Gasteiger partial charge in [0.2, 0.25) is 0 Å². The first-order chi connectivity index (χ1) is 20.8. The SMILES string of the molecule is COc1cccc(CCN(CCC(=O)O)C(=O)c2ccccc2-c2ccccc2C(=O)NCc2ccccc2Cl)c1OC. The average molecular weight is 601 g/mol. The molecule has 0 radical (unpaired) electrons. The number of aliphatic carboxylic acids is 1. The summed E-state index contributed by atoms with van der Waals surface area (Å²) in [6.07, 6.45) is 0.194. The lowest BCUT2D eigenvalue weighted by Gasteiger charge is -2.24. The van der Waals surface area contributed by atoms with Gasteiger partial charge >= 0.3 is 5.97 Å². The number of carbonyl (C=O) groups excluding carboxylic acids is 2. The minimum absolute atomic E-state index is 0.00868. The number of carboxylic acids is 1. The van der Waals surface area contributed by atoms with Crippen molar-refractivity contribution in [2.24, 2.45) is 0 Å². The Morgan fingerprint density at radius 2 is 1.40 bits per heavy atom. The maximum Gasteiger partial charge on any atom is 0.305 e.